The lowest BCUT2D eigenvalue weighted by Gasteiger charge is -2.15. The molecule has 0 unspecified atom stereocenters. The zero-order chi connectivity index (χ0) is 19.3. The number of amides is 2. The smallest absolute Gasteiger partial charge is 0.244 e. The predicted octanol–water partition coefficient (Wildman–Crippen LogP) is 2.70. The maximum atomic E-state index is 12.1. The van der Waals surface area contributed by atoms with E-state index in [1.54, 1.807) is 35.1 Å². The number of rotatable bonds is 7. The van der Waals surface area contributed by atoms with E-state index in [0.29, 0.717) is 28.0 Å². The van der Waals surface area contributed by atoms with Crippen molar-refractivity contribution in [1.82, 2.24) is 15.1 Å². The Kier molecular flexibility index (Phi) is 9.05. The number of nitrogens with zero attached hydrogens (tertiary/aromatic N) is 2. The van der Waals surface area contributed by atoms with Crippen molar-refractivity contribution in [3.05, 3.63) is 46.1 Å². The first-order valence-corrected chi connectivity index (χ1v) is 8.83. The van der Waals surface area contributed by atoms with Gasteiger partial charge in [-0.2, -0.15) is 5.10 Å². The standard InChI is InChI=1S/C17H21Cl2N5O2.ClH/c1-10(2)16(20)17(26)21-8-15(25)23-14-6-7-22-24(14)9-11-12(18)4-3-5-13(11)19;/h3-7,10,16H,8-9,20H2,1-2H3,(H,21,26)(H,23,25);1H/t16-;/m0./s1. The topological polar surface area (TPSA) is 102 Å². The summed E-state index contributed by atoms with van der Waals surface area (Å²) >= 11 is 12.3. The highest BCUT2D eigenvalue weighted by molar-refractivity contribution is 6.36. The van der Waals surface area contributed by atoms with Crippen LogP contribution in [-0.2, 0) is 16.1 Å². The third-order valence-corrected chi connectivity index (χ3v) is 4.51. The van der Waals surface area contributed by atoms with E-state index in [2.05, 4.69) is 15.7 Å². The largest absolute Gasteiger partial charge is 0.346 e. The lowest BCUT2D eigenvalue weighted by atomic mass is 10.1. The number of hydrogen-bond donors (Lipinski definition) is 3. The molecule has 1 heterocycles. The van der Waals surface area contributed by atoms with Gasteiger partial charge in [-0.1, -0.05) is 43.1 Å². The average molecular weight is 435 g/mol. The van der Waals surface area contributed by atoms with E-state index >= 15 is 0 Å². The van der Waals surface area contributed by atoms with Gasteiger partial charge in [0.15, 0.2) is 0 Å². The van der Waals surface area contributed by atoms with Gasteiger partial charge in [-0.05, 0) is 18.1 Å². The molecule has 2 aromatic rings. The van der Waals surface area contributed by atoms with Gasteiger partial charge in [-0.15, -0.1) is 12.4 Å². The number of nitrogens with one attached hydrogen (secondary N) is 2. The molecule has 0 saturated carbocycles. The quantitative estimate of drug-likeness (QED) is 0.623. The predicted molar refractivity (Wildman–Crippen MR) is 109 cm³/mol. The number of nitrogens with two attached hydrogens (primary N) is 1. The highest BCUT2D eigenvalue weighted by Gasteiger charge is 2.18. The van der Waals surface area contributed by atoms with Crippen molar-refractivity contribution >= 4 is 53.2 Å². The number of halogens is 3. The molecule has 0 aliphatic heterocycles. The van der Waals surface area contributed by atoms with E-state index in [-0.39, 0.29) is 36.7 Å². The summed E-state index contributed by atoms with van der Waals surface area (Å²) in [4.78, 5) is 23.9. The summed E-state index contributed by atoms with van der Waals surface area (Å²) in [5.41, 5.74) is 6.44. The molecule has 0 aliphatic rings. The molecule has 27 heavy (non-hydrogen) atoms. The van der Waals surface area contributed by atoms with Crippen LogP contribution in [0.25, 0.3) is 0 Å². The van der Waals surface area contributed by atoms with Crippen LogP contribution >= 0.6 is 35.6 Å². The second kappa shape index (κ2) is 10.5. The molecule has 4 N–H and O–H groups in total. The van der Waals surface area contributed by atoms with E-state index < -0.39 is 6.04 Å². The fourth-order valence-corrected chi connectivity index (χ4v) is 2.69. The molecule has 1 aromatic heterocycles. The maximum Gasteiger partial charge on any atom is 0.244 e. The lowest BCUT2D eigenvalue weighted by Crippen LogP contribution is -2.46. The monoisotopic (exact) mass is 433 g/mol. The first-order chi connectivity index (χ1) is 12.3. The molecular weight excluding hydrogens is 413 g/mol. The van der Waals surface area contributed by atoms with Gasteiger partial charge in [0.05, 0.1) is 25.3 Å². The SMILES string of the molecule is CC(C)[C@H](N)C(=O)NCC(=O)Nc1ccnn1Cc1c(Cl)cccc1Cl.Cl. The van der Waals surface area contributed by atoms with E-state index in [1.807, 2.05) is 13.8 Å². The van der Waals surface area contributed by atoms with E-state index in [1.165, 1.54) is 0 Å². The highest BCUT2D eigenvalue weighted by atomic mass is 35.5. The summed E-state index contributed by atoms with van der Waals surface area (Å²) in [6, 6.07) is 6.21. The molecule has 10 heteroatoms. The van der Waals surface area contributed by atoms with Crippen molar-refractivity contribution in [2.75, 3.05) is 11.9 Å². The highest BCUT2D eigenvalue weighted by Crippen LogP contribution is 2.25. The third-order valence-electron chi connectivity index (χ3n) is 3.80. The normalized spacial score (nSPS) is 11.6. The molecule has 7 nitrogen and oxygen atoms in total. The van der Waals surface area contributed by atoms with E-state index in [4.69, 9.17) is 28.9 Å². The molecule has 2 amide bonds. The molecule has 0 fully saturated rings. The number of anilines is 1. The Morgan fingerprint density at radius 3 is 2.44 bits per heavy atom. The first kappa shape index (κ1) is 23.2. The second-order valence-corrected chi connectivity index (χ2v) is 6.92. The van der Waals surface area contributed by atoms with Crippen LogP contribution in [0.2, 0.25) is 10.0 Å². The minimum atomic E-state index is -0.657. The number of aromatic nitrogens is 2. The summed E-state index contributed by atoms with van der Waals surface area (Å²) in [5, 5.41) is 10.4. The number of carbonyl (C=O) groups is 2. The third kappa shape index (κ3) is 6.39. The summed E-state index contributed by atoms with van der Waals surface area (Å²) in [6.07, 6.45) is 1.55. The van der Waals surface area contributed by atoms with Crippen LogP contribution < -0.4 is 16.4 Å². The molecule has 0 spiro atoms. The fraction of sp³-hybridized carbons (Fsp3) is 0.353. The molecule has 0 aliphatic carbocycles. The Hall–Kier alpha value is -1.80. The molecule has 1 aromatic carbocycles. The van der Waals surface area contributed by atoms with Crippen LogP contribution in [0.3, 0.4) is 0 Å². The Bertz CT molecular complexity index is 774. The van der Waals surface area contributed by atoms with Gasteiger partial charge in [0, 0.05) is 21.7 Å². The molecule has 0 bridgehead atoms. The zero-order valence-electron chi connectivity index (χ0n) is 14.9. The van der Waals surface area contributed by atoms with Crippen molar-refractivity contribution in [2.24, 2.45) is 11.7 Å². The molecule has 0 saturated heterocycles. The molecule has 2 rings (SSSR count). The van der Waals surface area contributed by atoms with E-state index in [0.717, 1.165) is 0 Å². The summed E-state index contributed by atoms with van der Waals surface area (Å²) < 4.78 is 1.56. The Balaban J connectivity index is 0.00000364. The fourth-order valence-electron chi connectivity index (χ4n) is 2.17. The van der Waals surface area contributed by atoms with Crippen molar-refractivity contribution in [2.45, 2.75) is 26.4 Å². The van der Waals surface area contributed by atoms with Crippen LogP contribution in [0.1, 0.15) is 19.4 Å². The minimum Gasteiger partial charge on any atom is -0.346 e. The molecule has 0 radical (unpaired) electrons. The second-order valence-electron chi connectivity index (χ2n) is 6.11. The number of benzene rings is 1. The Labute approximate surface area is 174 Å². The van der Waals surface area contributed by atoms with Gasteiger partial charge < -0.3 is 16.4 Å². The number of carbonyl (C=O) groups excluding carboxylic acids is 2. The average Bonchev–Trinajstić information content (AvgIpc) is 3.02. The Morgan fingerprint density at radius 2 is 1.85 bits per heavy atom. The lowest BCUT2D eigenvalue weighted by molar-refractivity contribution is -0.125. The zero-order valence-corrected chi connectivity index (χ0v) is 17.2. The van der Waals surface area contributed by atoms with Gasteiger partial charge in [-0.25, -0.2) is 4.68 Å². The minimum absolute atomic E-state index is 0. The van der Waals surface area contributed by atoms with Crippen LogP contribution in [0.15, 0.2) is 30.5 Å². The first-order valence-electron chi connectivity index (χ1n) is 8.07. The van der Waals surface area contributed by atoms with Gasteiger partial charge in [0.1, 0.15) is 5.82 Å². The summed E-state index contributed by atoms with van der Waals surface area (Å²) in [7, 11) is 0. The van der Waals surface area contributed by atoms with Crippen LogP contribution in [0.4, 0.5) is 5.82 Å². The number of hydrogen-bond acceptors (Lipinski definition) is 4. The van der Waals surface area contributed by atoms with Crippen LogP contribution in [0.5, 0.6) is 0 Å². The van der Waals surface area contributed by atoms with Gasteiger partial charge in [-0.3, -0.25) is 9.59 Å². The van der Waals surface area contributed by atoms with Crippen molar-refractivity contribution in [3.63, 3.8) is 0 Å². The van der Waals surface area contributed by atoms with Crippen molar-refractivity contribution < 1.29 is 9.59 Å². The van der Waals surface area contributed by atoms with Gasteiger partial charge >= 0.3 is 0 Å². The molecule has 148 valence electrons. The Morgan fingerprint density at radius 1 is 1.22 bits per heavy atom. The van der Waals surface area contributed by atoms with Gasteiger partial charge in [0.25, 0.3) is 0 Å². The molecule has 1 atom stereocenters. The maximum absolute atomic E-state index is 12.1. The summed E-state index contributed by atoms with van der Waals surface area (Å²) in [6.45, 7) is 3.79. The van der Waals surface area contributed by atoms with Crippen LogP contribution in [0, 0.1) is 5.92 Å². The van der Waals surface area contributed by atoms with E-state index in [9.17, 15) is 9.59 Å². The van der Waals surface area contributed by atoms with Crippen LogP contribution in [-0.4, -0.2) is 34.2 Å². The summed E-state index contributed by atoms with van der Waals surface area (Å²) in [5.74, 6) is -0.305. The van der Waals surface area contributed by atoms with Gasteiger partial charge in [0.2, 0.25) is 11.8 Å². The van der Waals surface area contributed by atoms with Crippen molar-refractivity contribution in [1.29, 1.82) is 0 Å². The molecular formula is C17H22Cl3N5O2. The van der Waals surface area contributed by atoms with Crippen molar-refractivity contribution in [3.8, 4) is 0 Å².